The molecular formula is C21H16ClFN4O3S2. The number of nitrogens with one attached hydrogen (secondary N) is 1. The van der Waals surface area contributed by atoms with Crippen molar-refractivity contribution in [1.29, 1.82) is 0 Å². The van der Waals surface area contributed by atoms with Gasteiger partial charge in [-0.25, -0.2) is 22.1 Å². The van der Waals surface area contributed by atoms with Gasteiger partial charge in [0.1, 0.15) is 15.5 Å². The van der Waals surface area contributed by atoms with Crippen molar-refractivity contribution in [1.82, 2.24) is 14.3 Å². The number of sulfonamides is 1. The van der Waals surface area contributed by atoms with Crippen LogP contribution < -0.4 is 5.32 Å². The molecule has 0 aliphatic rings. The summed E-state index contributed by atoms with van der Waals surface area (Å²) in [4.78, 5) is 21.7. The predicted octanol–water partition coefficient (Wildman–Crippen LogP) is 4.65. The first-order chi connectivity index (χ1) is 15.2. The number of nitrogens with zero attached hydrogens (tertiary/aromatic N) is 3. The molecule has 0 atom stereocenters. The van der Waals surface area contributed by atoms with E-state index in [4.69, 9.17) is 11.6 Å². The summed E-state index contributed by atoms with van der Waals surface area (Å²) in [7, 11) is -0.986. The third-order valence-corrected chi connectivity index (χ3v) is 7.98. The van der Waals surface area contributed by atoms with Gasteiger partial charge >= 0.3 is 0 Å². The third-order valence-electron chi connectivity index (χ3n) is 4.63. The second-order valence-electron chi connectivity index (χ2n) is 6.97. The number of pyridine rings is 2. The average molecular weight is 491 g/mol. The number of carbonyl (C=O) groups is 1. The molecule has 0 aliphatic carbocycles. The molecule has 0 unspecified atom stereocenters. The molecule has 1 N–H and O–H groups in total. The van der Waals surface area contributed by atoms with Crippen molar-refractivity contribution < 1.29 is 17.6 Å². The fraction of sp³-hybridized carbons (Fsp3) is 0.0952. The van der Waals surface area contributed by atoms with Crippen molar-refractivity contribution in [2.24, 2.45) is 0 Å². The van der Waals surface area contributed by atoms with Crippen molar-refractivity contribution in [3.05, 3.63) is 70.7 Å². The molecule has 32 heavy (non-hydrogen) atoms. The Kier molecular flexibility index (Phi) is 5.95. The van der Waals surface area contributed by atoms with Crippen molar-refractivity contribution in [3.63, 3.8) is 0 Å². The fourth-order valence-electron chi connectivity index (χ4n) is 2.97. The van der Waals surface area contributed by atoms with Gasteiger partial charge in [-0.05, 0) is 36.4 Å². The van der Waals surface area contributed by atoms with Gasteiger partial charge in [0.2, 0.25) is 10.0 Å². The van der Waals surface area contributed by atoms with E-state index in [1.54, 1.807) is 18.2 Å². The summed E-state index contributed by atoms with van der Waals surface area (Å²) >= 11 is 7.22. The van der Waals surface area contributed by atoms with Crippen LogP contribution >= 0.6 is 22.9 Å². The molecule has 0 aliphatic heterocycles. The standard InChI is InChI=1S/C21H16ClFN4O3S2/c1-27(2)32(29,30)19-9-14(3-4-16(19)22)26-20(28)18-8-12-7-13(10-25-21(12)31-18)15-5-6-24-11-17(15)23/h3-11H,1-2H3,(H,26,28). The molecule has 1 amide bonds. The molecule has 4 rings (SSSR count). The number of benzene rings is 1. The number of halogens is 2. The van der Waals surface area contributed by atoms with Crippen LogP contribution in [-0.2, 0) is 10.0 Å². The highest BCUT2D eigenvalue weighted by molar-refractivity contribution is 7.89. The Bertz CT molecular complexity index is 1450. The highest BCUT2D eigenvalue weighted by Gasteiger charge is 2.22. The van der Waals surface area contributed by atoms with Crippen LogP contribution in [0.1, 0.15) is 9.67 Å². The second kappa shape index (κ2) is 8.55. The lowest BCUT2D eigenvalue weighted by molar-refractivity contribution is 0.103. The Morgan fingerprint density at radius 3 is 2.66 bits per heavy atom. The zero-order valence-corrected chi connectivity index (χ0v) is 19.2. The number of aromatic nitrogens is 2. The first kappa shape index (κ1) is 22.3. The van der Waals surface area contributed by atoms with Crippen molar-refractivity contribution in [3.8, 4) is 11.1 Å². The Hall–Kier alpha value is -2.92. The summed E-state index contributed by atoms with van der Waals surface area (Å²) in [6, 6.07) is 9.19. The van der Waals surface area contributed by atoms with E-state index in [1.165, 1.54) is 56.0 Å². The van der Waals surface area contributed by atoms with Gasteiger partial charge in [0, 0.05) is 48.7 Å². The smallest absolute Gasteiger partial charge is 0.265 e. The summed E-state index contributed by atoms with van der Waals surface area (Å²) in [6.45, 7) is 0. The van der Waals surface area contributed by atoms with E-state index >= 15 is 0 Å². The molecule has 0 bridgehead atoms. The van der Waals surface area contributed by atoms with Crippen LogP contribution in [-0.4, -0.2) is 42.7 Å². The topological polar surface area (TPSA) is 92.3 Å². The van der Waals surface area contributed by atoms with Gasteiger partial charge in [0.15, 0.2) is 0 Å². The Morgan fingerprint density at radius 2 is 1.94 bits per heavy atom. The normalized spacial score (nSPS) is 11.8. The largest absolute Gasteiger partial charge is 0.321 e. The summed E-state index contributed by atoms with van der Waals surface area (Å²) in [5, 5.41) is 3.42. The third kappa shape index (κ3) is 4.22. The number of thiophene rings is 1. The van der Waals surface area contributed by atoms with Crippen LogP contribution in [0.4, 0.5) is 10.1 Å². The minimum absolute atomic E-state index is 0.0543. The summed E-state index contributed by atoms with van der Waals surface area (Å²) < 4.78 is 40.0. The molecule has 0 saturated carbocycles. The van der Waals surface area contributed by atoms with E-state index in [2.05, 4.69) is 15.3 Å². The Morgan fingerprint density at radius 1 is 1.16 bits per heavy atom. The number of fused-ring (bicyclic) bond motifs is 1. The molecular weight excluding hydrogens is 475 g/mol. The van der Waals surface area contributed by atoms with E-state index in [9.17, 15) is 17.6 Å². The van der Waals surface area contributed by atoms with Gasteiger partial charge in [-0.1, -0.05) is 11.6 Å². The minimum atomic E-state index is -3.78. The zero-order valence-electron chi connectivity index (χ0n) is 16.8. The first-order valence-corrected chi connectivity index (χ1v) is 11.8. The molecule has 0 saturated heterocycles. The van der Waals surface area contributed by atoms with Crippen molar-refractivity contribution >= 4 is 54.8 Å². The quantitative estimate of drug-likeness (QED) is 0.439. The molecule has 3 aromatic heterocycles. The van der Waals surface area contributed by atoms with E-state index in [0.717, 1.165) is 10.5 Å². The van der Waals surface area contributed by atoms with Crippen LogP contribution in [0.2, 0.25) is 5.02 Å². The number of hydrogen-bond acceptors (Lipinski definition) is 6. The number of rotatable bonds is 5. The maximum Gasteiger partial charge on any atom is 0.265 e. The summed E-state index contributed by atoms with van der Waals surface area (Å²) in [5.41, 5.74) is 1.21. The second-order valence-corrected chi connectivity index (χ2v) is 10.5. The number of amides is 1. The van der Waals surface area contributed by atoms with Gasteiger partial charge < -0.3 is 5.32 Å². The van der Waals surface area contributed by atoms with E-state index in [1.807, 2.05) is 0 Å². The summed E-state index contributed by atoms with van der Waals surface area (Å²) in [5.74, 6) is -0.895. The van der Waals surface area contributed by atoms with Crippen LogP contribution in [0.5, 0.6) is 0 Å². The molecule has 0 fully saturated rings. The first-order valence-electron chi connectivity index (χ1n) is 9.20. The monoisotopic (exact) mass is 490 g/mol. The fourth-order valence-corrected chi connectivity index (χ4v) is 5.24. The molecule has 0 spiro atoms. The van der Waals surface area contributed by atoms with Gasteiger partial charge in [-0.15, -0.1) is 11.3 Å². The van der Waals surface area contributed by atoms with Crippen LogP contribution in [0.3, 0.4) is 0 Å². The van der Waals surface area contributed by atoms with Gasteiger partial charge in [0.25, 0.3) is 5.91 Å². The molecule has 0 radical (unpaired) electrons. The van der Waals surface area contributed by atoms with Crippen LogP contribution in [0.25, 0.3) is 21.3 Å². The lowest BCUT2D eigenvalue weighted by atomic mass is 10.1. The van der Waals surface area contributed by atoms with Gasteiger partial charge in [-0.2, -0.15) is 0 Å². The molecule has 164 valence electrons. The highest BCUT2D eigenvalue weighted by atomic mass is 35.5. The van der Waals surface area contributed by atoms with Crippen molar-refractivity contribution in [2.45, 2.75) is 4.90 Å². The van der Waals surface area contributed by atoms with Crippen LogP contribution in [0.15, 0.2) is 59.9 Å². The van der Waals surface area contributed by atoms with Crippen molar-refractivity contribution in [2.75, 3.05) is 19.4 Å². The van der Waals surface area contributed by atoms with E-state index < -0.39 is 21.7 Å². The highest BCUT2D eigenvalue weighted by Crippen LogP contribution is 2.31. The average Bonchev–Trinajstić information content (AvgIpc) is 3.19. The number of hydrogen-bond donors (Lipinski definition) is 1. The SMILES string of the molecule is CN(C)S(=O)(=O)c1cc(NC(=O)c2cc3cc(-c4ccncc4F)cnc3s2)ccc1Cl. The van der Waals surface area contributed by atoms with Gasteiger partial charge in [-0.3, -0.25) is 9.78 Å². The minimum Gasteiger partial charge on any atom is -0.321 e. The van der Waals surface area contributed by atoms with E-state index in [0.29, 0.717) is 26.2 Å². The predicted molar refractivity (Wildman–Crippen MR) is 123 cm³/mol. The van der Waals surface area contributed by atoms with Crippen LogP contribution in [0, 0.1) is 5.82 Å². The Labute approximate surface area is 192 Å². The zero-order chi connectivity index (χ0) is 23.0. The lowest BCUT2D eigenvalue weighted by Gasteiger charge is -2.14. The number of carbonyl (C=O) groups excluding carboxylic acids is 1. The van der Waals surface area contributed by atoms with E-state index in [-0.39, 0.29) is 15.6 Å². The lowest BCUT2D eigenvalue weighted by Crippen LogP contribution is -2.22. The Balaban J connectivity index is 1.63. The molecule has 4 aromatic rings. The maximum atomic E-state index is 14.0. The molecule has 1 aromatic carbocycles. The number of anilines is 1. The van der Waals surface area contributed by atoms with Gasteiger partial charge in [0.05, 0.1) is 16.1 Å². The summed E-state index contributed by atoms with van der Waals surface area (Å²) in [6.07, 6.45) is 4.16. The molecule has 11 heteroatoms. The molecule has 7 nitrogen and oxygen atoms in total. The maximum absolute atomic E-state index is 14.0. The molecule has 3 heterocycles.